The maximum absolute atomic E-state index is 14.9. The minimum Gasteiger partial charge on any atom is -0.375 e. The second-order valence-corrected chi connectivity index (χ2v) is 10.7. The van der Waals surface area contributed by atoms with Gasteiger partial charge in [0.1, 0.15) is 0 Å². The van der Waals surface area contributed by atoms with Crippen molar-refractivity contribution in [2.75, 3.05) is 55.7 Å². The highest BCUT2D eigenvalue weighted by atomic mass is 35.5. The summed E-state index contributed by atoms with van der Waals surface area (Å²) in [6.45, 7) is 4.88. The van der Waals surface area contributed by atoms with Crippen LogP contribution >= 0.6 is 11.6 Å². The van der Waals surface area contributed by atoms with E-state index in [4.69, 9.17) is 16.3 Å². The number of nitrogens with zero attached hydrogens (tertiary/aromatic N) is 8. The molecule has 3 saturated heterocycles. The van der Waals surface area contributed by atoms with E-state index in [-0.39, 0.29) is 25.2 Å². The number of rotatable bonds is 4. The lowest BCUT2D eigenvalue weighted by atomic mass is 9.73. The molecule has 0 bridgehead atoms. The monoisotopic (exact) mass is 500 g/mol. The summed E-state index contributed by atoms with van der Waals surface area (Å²) in [6, 6.07) is 5.79. The zero-order chi connectivity index (χ0) is 23.8. The topological polar surface area (TPSA) is 75.4 Å². The van der Waals surface area contributed by atoms with Crippen LogP contribution < -0.4 is 9.80 Å². The molecule has 0 amide bonds. The van der Waals surface area contributed by atoms with Gasteiger partial charge in [-0.25, -0.2) is 18.7 Å². The maximum atomic E-state index is 14.9. The van der Waals surface area contributed by atoms with Crippen molar-refractivity contribution in [1.29, 1.82) is 0 Å². The van der Waals surface area contributed by atoms with Crippen molar-refractivity contribution in [3.63, 3.8) is 0 Å². The molecule has 182 valence electrons. The fraction of sp³-hybridized carbons (Fsp3) is 0.478. The van der Waals surface area contributed by atoms with E-state index in [1.807, 2.05) is 18.2 Å². The van der Waals surface area contributed by atoms with Gasteiger partial charge in [0.2, 0.25) is 11.9 Å². The van der Waals surface area contributed by atoms with Crippen LogP contribution in [-0.4, -0.2) is 81.2 Å². The number of hydrogen-bond donors (Lipinski definition) is 0. The predicted octanol–water partition coefficient (Wildman–Crippen LogP) is 2.23. The second-order valence-electron chi connectivity index (χ2n) is 10.2. The molecule has 1 aromatic carbocycles. The molecule has 0 atom stereocenters. The van der Waals surface area contributed by atoms with E-state index in [2.05, 4.69) is 39.4 Å². The summed E-state index contributed by atoms with van der Waals surface area (Å²) in [5, 5.41) is 9.69. The number of halogens is 3. The third-order valence-corrected chi connectivity index (χ3v) is 7.50. The van der Waals surface area contributed by atoms with Crippen molar-refractivity contribution >= 4 is 23.5 Å². The normalized spacial score (nSPS) is 22.0. The van der Waals surface area contributed by atoms with E-state index < -0.39 is 11.5 Å². The molecule has 12 heteroatoms. The Morgan fingerprint density at radius 1 is 1.00 bits per heavy atom. The highest BCUT2D eigenvalue weighted by Crippen LogP contribution is 2.43. The van der Waals surface area contributed by atoms with Crippen molar-refractivity contribution in [3.05, 3.63) is 52.8 Å². The van der Waals surface area contributed by atoms with Crippen LogP contribution in [0.5, 0.6) is 0 Å². The number of alkyl halides is 1. The van der Waals surface area contributed by atoms with Crippen LogP contribution in [0.25, 0.3) is 5.69 Å². The standard InChI is InChI=1S/C23H23ClF2N8O/c24-16-1-2-18-15(3-16)6-31(12-23(26)13-35-14-23)7-19-29-30-21(34(18)19)33-10-22(11-33)8-32(9-22)20-27-4-17(25)5-28-20/h1-5H,6-14H2. The molecule has 35 heavy (non-hydrogen) atoms. The number of hydrogen-bond acceptors (Lipinski definition) is 8. The zero-order valence-corrected chi connectivity index (χ0v) is 19.6. The van der Waals surface area contributed by atoms with E-state index in [0.29, 0.717) is 24.1 Å². The zero-order valence-electron chi connectivity index (χ0n) is 18.9. The summed E-state index contributed by atoms with van der Waals surface area (Å²) >= 11 is 6.33. The first-order valence-corrected chi connectivity index (χ1v) is 12.0. The highest BCUT2D eigenvalue weighted by molar-refractivity contribution is 6.30. The van der Waals surface area contributed by atoms with Crippen molar-refractivity contribution < 1.29 is 13.5 Å². The lowest BCUT2D eigenvalue weighted by molar-refractivity contribution is -0.142. The van der Waals surface area contributed by atoms with Gasteiger partial charge < -0.3 is 14.5 Å². The largest absolute Gasteiger partial charge is 0.375 e. The van der Waals surface area contributed by atoms with Gasteiger partial charge in [0.15, 0.2) is 17.3 Å². The van der Waals surface area contributed by atoms with Crippen LogP contribution in [0.15, 0.2) is 30.6 Å². The Balaban J connectivity index is 1.12. The average Bonchev–Trinajstić information content (AvgIpc) is 3.08. The van der Waals surface area contributed by atoms with Crippen molar-refractivity contribution in [2.45, 2.75) is 18.8 Å². The fourth-order valence-corrected chi connectivity index (χ4v) is 5.86. The van der Waals surface area contributed by atoms with Gasteiger partial charge in [0.25, 0.3) is 0 Å². The summed E-state index contributed by atoms with van der Waals surface area (Å²) in [6.07, 6.45) is 2.39. The number of benzene rings is 1. The third kappa shape index (κ3) is 3.56. The van der Waals surface area contributed by atoms with Crippen LogP contribution in [0.3, 0.4) is 0 Å². The number of aromatic nitrogens is 5. The van der Waals surface area contributed by atoms with Gasteiger partial charge >= 0.3 is 0 Å². The average molecular weight is 501 g/mol. The Hall–Kier alpha value is -2.89. The summed E-state index contributed by atoms with van der Waals surface area (Å²) < 4.78 is 35.2. The van der Waals surface area contributed by atoms with Crippen LogP contribution in [0, 0.1) is 11.2 Å². The first-order valence-electron chi connectivity index (χ1n) is 11.6. The molecule has 0 unspecified atom stereocenters. The quantitative estimate of drug-likeness (QED) is 0.540. The molecule has 3 fully saturated rings. The van der Waals surface area contributed by atoms with E-state index in [1.165, 1.54) is 12.4 Å². The molecular weight excluding hydrogens is 478 g/mol. The minimum absolute atomic E-state index is 0.125. The van der Waals surface area contributed by atoms with Crippen LogP contribution in [0.1, 0.15) is 11.4 Å². The molecule has 4 aliphatic heterocycles. The van der Waals surface area contributed by atoms with Crippen molar-refractivity contribution in [3.8, 4) is 5.69 Å². The first-order chi connectivity index (χ1) is 16.9. The minimum atomic E-state index is -1.33. The number of fused-ring (bicyclic) bond motifs is 3. The van der Waals surface area contributed by atoms with Gasteiger partial charge in [0, 0.05) is 49.7 Å². The van der Waals surface area contributed by atoms with Crippen LogP contribution in [-0.2, 0) is 17.8 Å². The molecule has 7 rings (SSSR count). The predicted molar refractivity (Wildman–Crippen MR) is 124 cm³/mol. The Bertz CT molecular complexity index is 1280. The van der Waals surface area contributed by atoms with E-state index in [9.17, 15) is 8.78 Å². The summed E-state index contributed by atoms with van der Waals surface area (Å²) in [5.41, 5.74) is 0.791. The summed E-state index contributed by atoms with van der Waals surface area (Å²) in [5.74, 6) is 1.68. The molecule has 9 nitrogen and oxygen atoms in total. The van der Waals surface area contributed by atoms with Gasteiger partial charge in [0.05, 0.1) is 37.8 Å². The van der Waals surface area contributed by atoms with Crippen molar-refractivity contribution in [1.82, 2.24) is 29.6 Å². The van der Waals surface area contributed by atoms with Gasteiger partial charge in [-0.15, -0.1) is 10.2 Å². The first kappa shape index (κ1) is 21.4. The molecule has 2 aromatic heterocycles. The fourth-order valence-electron chi connectivity index (χ4n) is 5.66. The Labute approximate surface area is 205 Å². The lowest BCUT2D eigenvalue weighted by Crippen LogP contribution is -2.73. The summed E-state index contributed by atoms with van der Waals surface area (Å²) in [4.78, 5) is 14.5. The molecule has 0 aliphatic carbocycles. The third-order valence-electron chi connectivity index (χ3n) is 7.26. The Morgan fingerprint density at radius 3 is 2.46 bits per heavy atom. The molecule has 4 aliphatic rings. The maximum Gasteiger partial charge on any atom is 0.231 e. The lowest BCUT2D eigenvalue weighted by Gasteiger charge is -2.60. The van der Waals surface area contributed by atoms with Crippen LogP contribution in [0.4, 0.5) is 20.7 Å². The molecule has 0 radical (unpaired) electrons. The van der Waals surface area contributed by atoms with Gasteiger partial charge in [-0.2, -0.15) is 0 Å². The SMILES string of the molecule is Fc1cnc(N2CC3(C2)CN(c2nnc4n2-c2ccc(Cl)cc2CN(CC2(F)COC2)C4)C3)nc1. The molecule has 0 saturated carbocycles. The van der Waals surface area contributed by atoms with E-state index >= 15 is 0 Å². The number of anilines is 2. The van der Waals surface area contributed by atoms with E-state index in [0.717, 1.165) is 49.2 Å². The smallest absolute Gasteiger partial charge is 0.231 e. The molecule has 1 spiro atoms. The van der Waals surface area contributed by atoms with Gasteiger partial charge in [-0.05, 0) is 23.8 Å². The summed E-state index contributed by atoms with van der Waals surface area (Å²) in [7, 11) is 0. The molecule has 3 aromatic rings. The second kappa shape index (κ2) is 7.55. The molecule has 0 N–H and O–H groups in total. The highest BCUT2D eigenvalue weighted by Gasteiger charge is 2.54. The Morgan fingerprint density at radius 2 is 1.74 bits per heavy atom. The molecular formula is C23H23ClF2N8O. The number of ether oxygens (including phenoxy) is 1. The van der Waals surface area contributed by atoms with Crippen LogP contribution in [0.2, 0.25) is 5.02 Å². The van der Waals surface area contributed by atoms with Gasteiger partial charge in [-0.3, -0.25) is 9.47 Å². The van der Waals surface area contributed by atoms with E-state index in [1.54, 1.807) is 0 Å². The van der Waals surface area contributed by atoms with Crippen molar-refractivity contribution in [2.24, 2.45) is 5.41 Å². The van der Waals surface area contributed by atoms with Gasteiger partial charge in [-0.1, -0.05) is 11.6 Å². The Kier molecular flexibility index (Phi) is 4.62. The molecule has 6 heterocycles.